The molecule has 14 nitrogen and oxygen atoms in total. The molecule has 0 saturated carbocycles. The first-order valence-corrected chi connectivity index (χ1v) is 10.8. The quantitative estimate of drug-likeness (QED) is 0.111. The third kappa shape index (κ3) is 4.86. The van der Waals surface area contributed by atoms with Gasteiger partial charge in [0.05, 0.1) is 34.0 Å². The number of nitro benzene ring substituents is 3. The van der Waals surface area contributed by atoms with Gasteiger partial charge in [-0.1, -0.05) is 40.3 Å². The minimum absolute atomic E-state index is 0.0140. The molecule has 38 heavy (non-hydrogen) atoms. The van der Waals surface area contributed by atoms with Gasteiger partial charge < -0.3 is 9.84 Å². The summed E-state index contributed by atoms with van der Waals surface area (Å²) in [5.74, 6) is -0.432. The lowest BCUT2D eigenvalue weighted by molar-refractivity contribution is -0.596. The van der Waals surface area contributed by atoms with Gasteiger partial charge in [0, 0.05) is 5.10 Å². The molecule has 0 fully saturated rings. The molecule has 3 aromatic carbocycles. The monoisotopic (exact) mass is 518 g/mol. The topological polar surface area (TPSA) is 183 Å². The van der Waals surface area contributed by atoms with Crippen molar-refractivity contribution in [3.63, 3.8) is 0 Å². The number of rotatable bonds is 8. The van der Waals surface area contributed by atoms with E-state index in [9.17, 15) is 35.4 Å². The highest BCUT2D eigenvalue weighted by molar-refractivity contribution is 5.92. The first-order valence-electron chi connectivity index (χ1n) is 10.8. The normalized spacial score (nSPS) is 11.5. The Morgan fingerprint density at radius 1 is 0.895 bits per heavy atom. The van der Waals surface area contributed by atoms with E-state index in [2.05, 4.69) is 5.10 Å². The molecule has 0 aliphatic rings. The molecule has 4 aromatic rings. The standard InChI is InChI=1S/C24H18N6O8/c1-15-3-7-17(8-4-15)26-13-25-27(14-26)23(24(31)16-5-9-19(38-2)10-6-16)22-20(29(34)35)11-18(28(32)33)12-21(22)30(36)37/h3-14H,1-2H3/b24-23+. The van der Waals surface area contributed by atoms with Crippen LogP contribution in [0.25, 0.3) is 17.1 Å². The van der Waals surface area contributed by atoms with E-state index in [1.165, 1.54) is 48.6 Å². The number of aryl methyl sites for hydroxylation is 1. The maximum atomic E-state index is 13.8. The third-order valence-corrected chi connectivity index (χ3v) is 5.59. The van der Waals surface area contributed by atoms with Crippen molar-refractivity contribution < 1.29 is 29.2 Å². The van der Waals surface area contributed by atoms with Gasteiger partial charge in [-0.25, -0.2) is 4.57 Å². The number of hydrogen-bond donors (Lipinski definition) is 0. The van der Waals surface area contributed by atoms with E-state index in [0.717, 1.165) is 10.2 Å². The second-order valence-electron chi connectivity index (χ2n) is 7.97. The number of non-ortho nitro benzene ring substituents is 1. The first-order chi connectivity index (χ1) is 18.1. The van der Waals surface area contributed by atoms with E-state index in [-0.39, 0.29) is 5.56 Å². The Morgan fingerprint density at radius 2 is 1.47 bits per heavy atom. The summed E-state index contributed by atoms with van der Waals surface area (Å²) in [5.41, 5.74) is -2.52. The zero-order valence-electron chi connectivity index (χ0n) is 19.9. The van der Waals surface area contributed by atoms with Crippen LogP contribution in [0.2, 0.25) is 0 Å². The fourth-order valence-corrected chi connectivity index (χ4v) is 3.70. The van der Waals surface area contributed by atoms with E-state index in [1.807, 2.05) is 19.1 Å². The van der Waals surface area contributed by atoms with Crippen molar-refractivity contribution in [1.29, 1.82) is 0 Å². The Kier molecular flexibility index (Phi) is 6.79. The highest BCUT2D eigenvalue weighted by Crippen LogP contribution is 2.40. The molecule has 0 aliphatic carbocycles. The van der Waals surface area contributed by atoms with Crippen LogP contribution in [0.5, 0.6) is 5.75 Å². The van der Waals surface area contributed by atoms with Crippen molar-refractivity contribution >= 4 is 28.5 Å². The van der Waals surface area contributed by atoms with Crippen LogP contribution in [-0.2, 0) is 0 Å². The molecule has 0 saturated heterocycles. The van der Waals surface area contributed by atoms with Crippen LogP contribution in [0, 0.1) is 37.3 Å². The largest absolute Gasteiger partial charge is 0.870 e. The highest BCUT2D eigenvalue weighted by Gasteiger charge is 2.36. The summed E-state index contributed by atoms with van der Waals surface area (Å²) < 4.78 is 7.56. The second kappa shape index (κ2) is 10.1. The number of ether oxygens (including phenoxy) is 1. The number of nitrogens with zero attached hydrogens (tertiary/aromatic N) is 6. The van der Waals surface area contributed by atoms with Crippen LogP contribution in [0.15, 0.2) is 73.3 Å². The van der Waals surface area contributed by atoms with Gasteiger partial charge in [0.15, 0.2) is 11.3 Å². The lowest BCUT2D eigenvalue weighted by atomic mass is 10.0. The Balaban J connectivity index is 2.06. The van der Waals surface area contributed by atoms with Crippen LogP contribution in [0.4, 0.5) is 17.1 Å². The van der Waals surface area contributed by atoms with Crippen molar-refractivity contribution in [2.45, 2.75) is 6.92 Å². The molecule has 14 heteroatoms. The highest BCUT2D eigenvalue weighted by atomic mass is 16.6. The predicted octanol–water partition coefficient (Wildman–Crippen LogP) is 2.94. The molecule has 0 aliphatic heterocycles. The van der Waals surface area contributed by atoms with Crippen molar-refractivity contribution in [2.24, 2.45) is 0 Å². The van der Waals surface area contributed by atoms with Crippen molar-refractivity contribution in [2.75, 3.05) is 7.11 Å². The van der Waals surface area contributed by atoms with E-state index in [0.29, 0.717) is 23.6 Å². The smallest absolute Gasteiger partial charge is 0.294 e. The number of benzene rings is 3. The molecule has 0 atom stereocenters. The Bertz CT molecular complexity index is 1560. The summed E-state index contributed by atoms with van der Waals surface area (Å²) in [4.78, 5) is 32.3. The summed E-state index contributed by atoms with van der Waals surface area (Å²) >= 11 is 0. The SMILES string of the molecule is COc1ccc(/C([O-])=C(/c2c([N+](=O)[O-])cc([N+](=O)[O-])cc2[N+](=O)[O-])n2c[n+](-c3ccc(C)cc3)cn2)cc1. The van der Waals surface area contributed by atoms with Crippen LogP contribution < -0.4 is 14.4 Å². The van der Waals surface area contributed by atoms with Crippen LogP contribution in [0.1, 0.15) is 16.7 Å². The van der Waals surface area contributed by atoms with Gasteiger partial charge in [-0.05, 0) is 36.8 Å². The van der Waals surface area contributed by atoms with E-state index in [1.54, 1.807) is 12.1 Å². The molecule has 0 N–H and O–H groups in total. The third-order valence-electron chi connectivity index (χ3n) is 5.59. The fraction of sp³-hybridized carbons (Fsp3) is 0.0833. The van der Waals surface area contributed by atoms with Gasteiger partial charge >= 0.3 is 0 Å². The molecule has 192 valence electrons. The van der Waals surface area contributed by atoms with Gasteiger partial charge in [0.1, 0.15) is 11.4 Å². The van der Waals surface area contributed by atoms with Crippen molar-refractivity contribution in [3.05, 3.63) is 120 Å². The van der Waals surface area contributed by atoms with Gasteiger partial charge in [-0.2, -0.15) is 0 Å². The lowest BCUT2D eigenvalue weighted by Gasteiger charge is -2.17. The van der Waals surface area contributed by atoms with Gasteiger partial charge in [0.25, 0.3) is 23.4 Å². The number of nitro groups is 3. The van der Waals surface area contributed by atoms with Gasteiger partial charge in [-0.15, -0.1) is 0 Å². The lowest BCUT2D eigenvalue weighted by Crippen LogP contribution is -2.27. The van der Waals surface area contributed by atoms with E-state index in [4.69, 9.17) is 4.74 Å². The predicted molar refractivity (Wildman–Crippen MR) is 130 cm³/mol. The average molecular weight is 518 g/mol. The number of hydrogen-bond acceptors (Lipinski definition) is 9. The van der Waals surface area contributed by atoms with Gasteiger partial charge in [0.2, 0.25) is 6.33 Å². The summed E-state index contributed by atoms with van der Waals surface area (Å²) in [7, 11) is 1.42. The molecule has 0 spiro atoms. The average Bonchev–Trinajstić information content (AvgIpc) is 3.38. The molecule has 0 unspecified atom stereocenters. The molecule has 0 bridgehead atoms. The summed E-state index contributed by atoms with van der Waals surface area (Å²) in [6.45, 7) is 1.89. The Hall–Kier alpha value is -5.66. The van der Waals surface area contributed by atoms with Crippen molar-refractivity contribution in [1.82, 2.24) is 9.78 Å². The number of methoxy groups -OCH3 is 1. The summed E-state index contributed by atoms with van der Waals surface area (Å²) in [6, 6.07) is 14.0. The Labute approximate surface area is 213 Å². The van der Waals surface area contributed by atoms with Crippen LogP contribution in [0.3, 0.4) is 0 Å². The molecule has 4 rings (SSSR count). The Morgan fingerprint density at radius 3 is 1.97 bits per heavy atom. The molecular formula is C24H18N6O8. The minimum Gasteiger partial charge on any atom is -0.870 e. The van der Waals surface area contributed by atoms with E-state index >= 15 is 0 Å². The van der Waals surface area contributed by atoms with Crippen LogP contribution >= 0.6 is 0 Å². The summed E-state index contributed by atoms with van der Waals surface area (Å²) in [6.07, 6.45) is 2.63. The fourth-order valence-electron chi connectivity index (χ4n) is 3.70. The van der Waals surface area contributed by atoms with Crippen LogP contribution in [-0.4, -0.2) is 31.7 Å². The molecule has 1 aromatic heterocycles. The number of aromatic nitrogens is 3. The van der Waals surface area contributed by atoms with E-state index < -0.39 is 48.9 Å². The zero-order chi connectivity index (χ0) is 27.6. The molecule has 0 amide bonds. The summed E-state index contributed by atoms with van der Waals surface area (Å²) in [5, 5.41) is 53.3. The maximum Gasteiger partial charge on any atom is 0.294 e. The molecule has 0 radical (unpaired) electrons. The van der Waals surface area contributed by atoms with Gasteiger partial charge in [-0.3, -0.25) is 30.3 Å². The zero-order valence-corrected chi connectivity index (χ0v) is 19.9. The maximum absolute atomic E-state index is 13.8. The molecule has 1 heterocycles. The molecular weight excluding hydrogens is 500 g/mol. The first kappa shape index (κ1) is 25.4. The van der Waals surface area contributed by atoms with Crippen molar-refractivity contribution in [3.8, 4) is 11.4 Å². The second-order valence-corrected chi connectivity index (χ2v) is 7.97. The minimum atomic E-state index is -1.02.